The summed E-state index contributed by atoms with van der Waals surface area (Å²) in [6.07, 6.45) is 1.52. The summed E-state index contributed by atoms with van der Waals surface area (Å²) in [5, 5.41) is 3.17. The van der Waals surface area contributed by atoms with Gasteiger partial charge in [-0.1, -0.05) is 60.7 Å². The fraction of sp³-hybridized carbons (Fsp3) is 0.286. The molecule has 34 heavy (non-hydrogen) atoms. The Balaban J connectivity index is 1.31. The molecule has 5 nitrogen and oxygen atoms in total. The monoisotopic (exact) mass is 456 g/mol. The molecule has 1 unspecified atom stereocenters. The van der Waals surface area contributed by atoms with Crippen molar-refractivity contribution >= 4 is 22.9 Å². The number of piperidine rings is 1. The van der Waals surface area contributed by atoms with Crippen molar-refractivity contribution in [3.63, 3.8) is 0 Å². The molecule has 3 aromatic carbocycles. The van der Waals surface area contributed by atoms with Crippen LogP contribution in [0.15, 0.2) is 78.9 Å². The number of rotatable bonds is 6. The van der Waals surface area contributed by atoms with Gasteiger partial charge in [0.15, 0.2) is 0 Å². The third-order valence-corrected chi connectivity index (χ3v) is 6.73. The fourth-order valence-electron chi connectivity index (χ4n) is 4.76. The lowest BCUT2D eigenvalue weighted by atomic mass is 9.95. The van der Waals surface area contributed by atoms with E-state index in [2.05, 4.69) is 14.8 Å². The molecule has 1 amide bonds. The van der Waals surface area contributed by atoms with Crippen LogP contribution in [-0.4, -0.2) is 28.5 Å². The quantitative estimate of drug-likeness (QED) is 0.427. The van der Waals surface area contributed by atoms with Crippen molar-refractivity contribution in [2.24, 2.45) is 5.92 Å². The molecule has 174 valence electrons. The molecule has 0 bridgehead atoms. The second-order valence-corrected chi connectivity index (χ2v) is 8.98. The van der Waals surface area contributed by atoms with Crippen LogP contribution in [0.3, 0.4) is 0 Å². The smallest absolute Gasteiger partial charge is 0.223 e. The van der Waals surface area contributed by atoms with Gasteiger partial charge in [0.25, 0.3) is 0 Å². The normalized spacial score (nSPS) is 15.4. The number of amides is 1. The average molecular weight is 457 g/mol. The second-order valence-electron chi connectivity index (χ2n) is 8.98. The largest absolute Gasteiger partial charge is 0.349 e. The van der Waals surface area contributed by atoms with Gasteiger partial charge in [0.2, 0.25) is 11.9 Å². The molecular formula is C28H29FN4O. The number of fused-ring (bicyclic) bond motifs is 1. The Labute approximate surface area is 199 Å². The Kier molecular flexibility index (Phi) is 6.30. The minimum absolute atomic E-state index is 0.0169. The van der Waals surface area contributed by atoms with Crippen molar-refractivity contribution in [1.29, 1.82) is 0 Å². The number of hydrogen-bond acceptors (Lipinski definition) is 3. The van der Waals surface area contributed by atoms with E-state index in [0.29, 0.717) is 12.1 Å². The Hall–Kier alpha value is -3.67. The first-order valence-corrected chi connectivity index (χ1v) is 11.9. The summed E-state index contributed by atoms with van der Waals surface area (Å²) in [4.78, 5) is 20.0. The zero-order valence-corrected chi connectivity index (χ0v) is 19.3. The van der Waals surface area contributed by atoms with Crippen LogP contribution in [0.25, 0.3) is 11.0 Å². The van der Waals surface area contributed by atoms with E-state index in [0.717, 1.165) is 48.5 Å². The van der Waals surface area contributed by atoms with E-state index in [9.17, 15) is 9.18 Å². The Morgan fingerprint density at radius 3 is 2.44 bits per heavy atom. The molecule has 1 saturated heterocycles. The molecule has 1 aliphatic heterocycles. The Morgan fingerprint density at radius 2 is 1.68 bits per heavy atom. The van der Waals surface area contributed by atoms with Crippen molar-refractivity contribution in [3.8, 4) is 0 Å². The molecule has 1 aromatic heterocycles. The van der Waals surface area contributed by atoms with E-state index in [1.807, 2.05) is 73.7 Å². The highest BCUT2D eigenvalue weighted by Gasteiger charge is 2.28. The molecule has 6 heteroatoms. The number of carbonyl (C=O) groups excluding carboxylic acids is 1. The number of aromatic nitrogens is 2. The van der Waals surface area contributed by atoms with Crippen molar-refractivity contribution in [2.45, 2.75) is 32.4 Å². The Morgan fingerprint density at radius 1 is 1.00 bits per heavy atom. The number of nitrogens with one attached hydrogen (secondary N) is 1. The van der Waals surface area contributed by atoms with Gasteiger partial charge in [0, 0.05) is 24.6 Å². The number of anilines is 1. The van der Waals surface area contributed by atoms with E-state index >= 15 is 0 Å². The summed E-state index contributed by atoms with van der Waals surface area (Å²) in [5.74, 6) is 0.706. The maximum atomic E-state index is 14.4. The second kappa shape index (κ2) is 9.67. The van der Waals surface area contributed by atoms with Crippen molar-refractivity contribution in [2.75, 3.05) is 18.0 Å². The molecule has 0 aliphatic carbocycles. The molecule has 5 rings (SSSR count). The fourth-order valence-corrected chi connectivity index (χ4v) is 4.76. The third kappa shape index (κ3) is 4.53. The van der Waals surface area contributed by atoms with E-state index in [1.54, 1.807) is 6.07 Å². The van der Waals surface area contributed by atoms with Crippen molar-refractivity contribution < 1.29 is 9.18 Å². The lowest BCUT2D eigenvalue weighted by Crippen LogP contribution is -2.42. The summed E-state index contributed by atoms with van der Waals surface area (Å²) in [5.41, 5.74) is 3.62. The highest BCUT2D eigenvalue weighted by atomic mass is 19.1. The summed E-state index contributed by atoms with van der Waals surface area (Å²) in [6, 6.07) is 24.9. The predicted octanol–water partition coefficient (Wildman–Crippen LogP) is 5.32. The van der Waals surface area contributed by atoms with Gasteiger partial charge in [-0.2, -0.15) is 0 Å². The zero-order chi connectivity index (χ0) is 23.5. The van der Waals surface area contributed by atoms with Crippen LogP contribution in [0, 0.1) is 11.7 Å². The molecule has 1 aliphatic rings. The summed E-state index contributed by atoms with van der Waals surface area (Å²) in [7, 11) is 0. The molecule has 4 aromatic rings. The van der Waals surface area contributed by atoms with E-state index in [1.165, 1.54) is 6.07 Å². The standard InChI is InChI=1S/C28H29FN4O/c1-20(21-9-3-2-4-10-21)30-27(34)22-15-17-32(18-16-22)28-31-25-13-7-8-14-26(25)33(28)19-23-11-5-6-12-24(23)29/h2-14,20,22H,15-19H2,1H3,(H,30,34). The maximum absolute atomic E-state index is 14.4. The molecule has 1 fully saturated rings. The predicted molar refractivity (Wildman–Crippen MR) is 133 cm³/mol. The van der Waals surface area contributed by atoms with Crippen molar-refractivity contribution in [1.82, 2.24) is 14.9 Å². The first-order valence-electron chi connectivity index (χ1n) is 11.9. The summed E-state index contributed by atoms with van der Waals surface area (Å²) >= 11 is 0. The van der Waals surface area contributed by atoms with Gasteiger partial charge in [0.05, 0.1) is 23.6 Å². The molecule has 2 heterocycles. The van der Waals surface area contributed by atoms with Gasteiger partial charge in [-0.05, 0) is 43.5 Å². The van der Waals surface area contributed by atoms with Crippen LogP contribution in [0.1, 0.15) is 36.9 Å². The number of benzene rings is 3. The number of nitrogens with zero attached hydrogens (tertiary/aromatic N) is 3. The van der Waals surface area contributed by atoms with Crippen LogP contribution < -0.4 is 10.2 Å². The third-order valence-electron chi connectivity index (χ3n) is 6.73. The lowest BCUT2D eigenvalue weighted by Gasteiger charge is -2.33. The van der Waals surface area contributed by atoms with Crippen LogP contribution in [0.2, 0.25) is 0 Å². The van der Waals surface area contributed by atoms with Crippen LogP contribution in [0.5, 0.6) is 0 Å². The average Bonchev–Trinajstić information content (AvgIpc) is 3.24. The van der Waals surface area contributed by atoms with Gasteiger partial charge < -0.3 is 14.8 Å². The molecule has 0 radical (unpaired) electrons. The Bertz CT molecular complexity index is 1280. The highest BCUT2D eigenvalue weighted by Crippen LogP contribution is 2.28. The number of halogens is 1. The molecule has 0 spiro atoms. The van der Waals surface area contributed by atoms with E-state index in [4.69, 9.17) is 4.98 Å². The number of carbonyl (C=O) groups is 1. The zero-order valence-electron chi connectivity index (χ0n) is 19.3. The SMILES string of the molecule is CC(NC(=O)C1CCN(c2nc3ccccc3n2Cc2ccccc2F)CC1)c1ccccc1. The summed E-state index contributed by atoms with van der Waals surface area (Å²) in [6.45, 7) is 3.90. The minimum atomic E-state index is -0.214. The first kappa shape index (κ1) is 22.1. The molecule has 1 atom stereocenters. The van der Waals surface area contributed by atoms with Crippen LogP contribution in [0.4, 0.5) is 10.3 Å². The first-order chi connectivity index (χ1) is 16.6. The van der Waals surface area contributed by atoms with Gasteiger partial charge >= 0.3 is 0 Å². The molecular weight excluding hydrogens is 427 g/mol. The van der Waals surface area contributed by atoms with Crippen LogP contribution >= 0.6 is 0 Å². The van der Waals surface area contributed by atoms with E-state index < -0.39 is 0 Å². The van der Waals surface area contributed by atoms with Gasteiger partial charge in [-0.3, -0.25) is 4.79 Å². The highest BCUT2D eigenvalue weighted by molar-refractivity contribution is 5.80. The van der Waals surface area contributed by atoms with Crippen molar-refractivity contribution in [3.05, 3.63) is 95.8 Å². The summed E-state index contributed by atoms with van der Waals surface area (Å²) < 4.78 is 16.5. The van der Waals surface area contributed by atoms with Gasteiger partial charge in [-0.25, -0.2) is 9.37 Å². The lowest BCUT2D eigenvalue weighted by molar-refractivity contribution is -0.126. The molecule has 0 saturated carbocycles. The number of para-hydroxylation sites is 2. The maximum Gasteiger partial charge on any atom is 0.223 e. The minimum Gasteiger partial charge on any atom is -0.349 e. The van der Waals surface area contributed by atoms with Gasteiger partial charge in [-0.15, -0.1) is 0 Å². The molecule has 1 N–H and O–H groups in total. The topological polar surface area (TPSA) is 50.2 Å². The number of imidazole rings is 1. The van der Waals surface area contributed by atoms with Gasteiger partial charge in [0.1, 0.15) is 5.82 Å². The van der Waals surface area contributed by atoms with E-state index in [-0.39, 0.29) is 23.7 Å². The van der Waals surface area contributed by atoms with Crippen LogP contribution in [-0.2, 0) is 11.3 Å². The number of hydrogen-bond donors (Lipinski definition) is 1.